The maximum Gasteiger partial charge on any atom is 0.251 e. The van der Waals surface area contributed by atoms with Crippen molar-refractivity contribution in [2.75, 3.05) is 36.5 Å². The van der Waals surface area contributed by atoms with E-state index < -0.39 is 11.7 Å². The number of nitrogens with zero attached hydrogens (tertiary/aromatic N) is 1. The molecule has 148 valence electrons. The number of nitrogens with one attached hydrogen (secondary N) is 2. The number of rotatable bonds is 6. The van der Waals surface area contributed by atoms with Gasteiger partial charge in [-0.1, -0.05) is 12.1 Å². The van der Waals surface area contributed by atoms with E-state index in [0.29, 0.717) is 5.56 Å². The molecule has 0 aliphatic carbocycles. The highest BCUT2D eigenvalue weighted by atomic mass is 32.2. The summed E-state index contributed by atoms with van der Waals surface area (Å²) in [6.07, 6.45) is 0. The molecule has 2 N–H and O–H groups in total. The van der Waals surface area contributed by atoms with E-state index in [0.717, 1.165) is 30.9 Å². The van der Waals surface area contributed by atoms with Crippen LogP contribution in [0.3, 0.4) is 0 Å². The molecule has 5 nitrogen and oxygen atoms in total. The second kappa shape index (κ2) is 9.71. The van der Waals surface area contributed by atoms with Gasteiger partial charge >= 0.3 is 0 Å². The summed E-state index contributed by atoms with van der Waals surface area (Å²) in [6, 6.07) is 11.2. The number of thioether (sulfide) groups is 1. The first-order valence-corrected chi connectivity index (χ1v) is 10.4. The molecule has 2 amide bonds. The summed E-state index contributed by atoms with van der Waals surface area (Å²) in [6.45, 7) is 4.94. The average Bonchev–Trinajstić information content (AvgIpc) is 2.69. The third-order valence-electron chi connectivity index (χ3n) is 4.59. The van der Waals surface area contributed by atoms with Crippen LogP contribution in [0.5, 0.6) is 0 Å². The fourth-order valence-corrected chi connectivity index (χ4v) is 4.02. The van der Waals surface area contributed by atoms with E-state index >= 15 is 0 Å². The maximum absolute atomic E-state index is 12.9. The van der Waals surface area contributed by atoms with Gasteiger partial charge in [0.1, 0.15) is 5.82 Å². The molecule has 1 aliphatic heterocycles. The number of anilines is 1. The van der Waals surface area contributed by atoms with Crippen molar-refractivity contribution in [1.82, 2.24) is 10.2 Å². The molecule has 0 unspecified atom stereocenters. The van der Waals surface area contributed by atoms with Gasteiger partial charge in [0.15, 0.2) is 0 Å². The van der Waals surface area contributed by atoms with Gasteiger partial charge in [-0.3, -0.25) is 14.5 Å². The lowest BCUT2D eigenvalue weighted by Crippen LogP contribution is -2.33. The van der Waals surface area contributed by atoms with Gasteiger partial charge in [0.2, 0.25) is 5.91 Å². The van der Waals surface area contributed by atoms with Crippen molar-refractivity contribution in [3.63, 3.8) is 0 Å². The van der Waals surface area contributed by atoms with Gasteiger partial charge < -0.3 is 10.6 Å². The monoisotopic (exact) mass is 401 g/mol. The number of benzene rings is 2. The SMILES string of the molecule is Cc1cc(CN2CCSCC2)ccc1NC(=O)CNC(=O)c1ccc(F)cc1. The predicted molar refractivity (Wildman–Crippen MR) is 111 cm³/mol. The van der Waals surface area contributed by atoms with E-state index in [1.807, 2.05) is 30.8 Å². The Labute approximate surface area is 168 Å². The molecule has 0 atom stereocenters. The van der Waals surface area contributed by atoms with Gasteiger partial charge in [-0.2, -0.15) is 11.8 Å². The normalized spacial score (nSPS) is 14.5. The molecule has 0 spiro atoms. The van der Waals surface area contributed by atoms with Crippen LogP contribution in [0.25, 0.3) is 0 Å². The third-order valence-corrected chi connectivity index (χ3v) is 5.53. The molecule has 7 heteroatoms. The number of aryl methyl sites for hydroxylation is 1. The first-order valence-electron chi connectivity index (χ1n) is 9.24. The molecular weight excluding hydrogens is 377 g/mol. The average molecular weight is 402 g/mol. The Morgan fingerprint density at radius 2 is 1.82 bits per heavy atom. The van der Waals surface area contributed by atoms with Crippen molar-refractivity contribution >= 4 is 29.3 Å². The Kier molecular flexibility index (Phi) is 7.06. The summed E-state index contributed by atoms with van der Waals surface area (Å²) < 4.78 is 12.9. The number of hydrogen-bond acceptors (Lipinski definition) is 4. The maximum atomic E-state index is 12.9. The number of hydrogen-bond donors (Lipinski definition) is 2. The van der Waals surface area contributed by atoms with Crippen LogP contribution in [-0.2, 0) is 11.3 Å². The van der Waals surface area contributed by atoms with Crippen LogP contribution < -0.4 is 10.6 Å². The van der Waals surface area contributed by atoms with Crippen LogP contribution in [0.4, 0.5) is 10.1 Å². The first kappa shape index (κ1) is 20.4. The highest BCUT2D eigenvalue weighted by molar-refractivity contribution is 7.99. The lowest BCUT2D eigenvalue weighted by Gasteiger charge is -2.26. The van der Waals surface area contributed by atoms with Crippen LogP contribution in [0, 0.1) is 12.7 Å². The summed E-state index contributed by atoms with van der Waals surface area (Å²) in [4.78, 5) is 26.6. The molecule has 3 rings (SSSR count). The molecule has 0 saturated carbocycles. The smallest absolute Gasteiger partial charge is 0.251 e. The molecule has 1 heterocycles. The molecule has 28 heavy (non-hydrogen) atoms. The number of amides is 2. The molecule has 1 fully saturated rings. The van der Waals surface area contributed by atoms with Gasteiger partial charge in [-0.05, 0) is 48.4 Å². The Hall–Kier alpha value is -2.38. The zero-order valence-corrected chi connectivity index (χ0v) is 16.7. The fourth-order valence-electron chi connectivity index (χ4n) is 3.04. The minimum absolute atomic E-state index is 0.150. The lowest BCUT2D eigenvalue weighted by molar-refractivity contribution is -0.115. The van der Waals surface area contributed by atoms with Crippen molar-refractivity contribution in [1.29, 1.82) is 0 Å². The Morgan fingerprint density at radius 1 is 1.11 bits per heavy atom. The second-order valence-corrected chi connectivity index (χ2v) is 8.00. The molecule has 1 saturated heterocycles. The van der Waals surface area contributed by atoms with Crippen molar-refractivity contribution in [2.45, 2.75) is 13.5 Å². The Balaban J connectivity index is 1.50. The topological polar surface area (TPSA) is 61.4 Å². The van der Waals surface area contributed by atoms with Gasteiger partial charge in [0.05, 0.1) is 6.54 Å². The Morgan fingerprint density at radius 3 is 2.50 bits per heavy atom. The largest absolute Gasteiger partial charge is 0.343 e. The molecular formula is C21H24FN3O2S. The van der Waals surface area contributed by atoms with Gasteiger partial charge in [0, 0.05) is 42.4 Å². The van der Waals surface area contributed by atoms with E-state index in [4.69, 9.17) is 0 Å². The molecule has 2 aromatic carbocycles. The van der Waals surface area contributed by atoms with E-state index in [-0.39, 0.29) is 12.5 Å². The fraction of sp³-hybridized carbons (Fsp3) is 0.333. The second-order valence-electron chi connectivity index (χ2n) is 6.78. The number of carbonyl (C=O) groups is 2. The van der Waals surface area contributed by atoms with Gasteiger partial charge in [-0.25, -0.2) is 4.39 Å². The van der Waals surface area contributed by atoms with E-state index in [9.17, 15) is 14.0 Å². The predicted octanol–water partition coefficient (Wildman–Crippen LogP) is 3.05. The van der Waals surface area contributed by atoms with Crippen molar-refractivity contribution in [3.8, 4) is 0 Å². The summed E-state index contributed by atoms with van der Waals surface area (Å²) in [5.74, 6) is 1.22. The number of carbonyl (C=O) groups excluding carboxylic acids is 2. The summed E-state index contributed by atoms with van der Waals surface area (Å²) in [7, 11) is 0. The third kappa shape index (κ3) is 5.81. The molecule has 0 aromatic heterocycles. The minimum atomic E-state index is -0.415. The van der Waals surface area contributed by atoms with Crippen LogP contribution in [0.2, 0.25) is 0 Å². The molecule has 1 aliphatic rings. The zero-order valence-electron chi connectivity index (χ0n) is 15.8. The summed E-state index contributed by atoms with van der Waals surface area (Å²) in [5.41, 5.74) is 3.26. The zero-order chi connectivity index (χ0) is 19.9. The quantitative estimate of drug-likeness (QED) is 0.781. The van der Waals surface area contributed by atoms with Crippen LogP contribution in [0.15, 0.2) is 42.5 Å². The van der Waals surface area contributed by atoms with Gasteiger partial charge in [-0.15, -0.1) is 0 Å². The van der Waals surface area contributed by atoms with Crippen molar-refractivity contribution < 1.29 is 14.0 Å². The highest BCUT2D eigenvalue weighted by Gasteiger charge is 2.12. The van der Waals surface area contributed by atoms with Crippen LogP contribution >= 0.6 is 11.8 Å². The van der Waals surface area contributed by atoms with Gasteiger partial charge in [0.25, 0.3) is 5.91 Å². The summed E-state index contributed by atoms with van der Waals surface area (Å²) in [5, 5.41) is 5.37. The molecule has 2 aromatic rings. The Bertz CT molecular complexity index is 836. The van der Waals surface area contributed by atoms with Crippen LogP contribution in [-0.4, -0.2) is 47.9 Å². The number of halogens is 1. The molecule has 0 radical (unpaired) electrons. The first-order chi connectivity index (χ1) is 13.5. The highest BCUT2D eigenvalue weighted by Crippen LogP contribution is 2.19. The van der Waals surface area contributed by atoms with Crippen molar-refractivity contribution in [2.24, 2.45) is 0 Å². The van der Waals surface area contributed by atoms with Crippen LogP contribution in [0.1, 0.15) is 21.5 Å². The standard InChI is InChI=1S/C21H24FN3O2S/c1-15-12-16(14-25-8-10-28-11-9-25)2-7-19(15)24-20(26)13-23-21(27)17-3-5-18(22)6-4-17/h2-7,12H,8-11,13-14H2,1H3,(H,23,27)(H,24,26). The lowest BCUT2D eigenvalue weighted by atomic mass is 10.1. The van der Waals surface area contributed by atoms with E-state index in [1.54, 1.807) is 0 Å². The summed E-state index contributed by atoms with van der Waals surface area (Å²) >= 11 is 1.99. The minimum Gasteiger partial charge on any atom is -0.343 e. The van der Waals surface area contributed by atoms with Crippen molar-refractivity contribution in [3.05, 3.63) is 65.0 Å². The van der Waals surface area contributed by atoms with E-state index in [2.05, 4.69) is 21.6 Å². The van der Waals surface area contributed by atoms with E-state index in [1.165, 1.54) is 41.3 Å². The molecule has 0 bridgehead atoms.